The number of nitrogens with zero attached hydrogens (tertiary/aromatic N) is 3. The van der Waals surface area contributed by atoms with Crippen LogP contribution in [0.1, 0.15) is 23.3 Å². The summed E-state index contributed by atoms with van der Waals surface area (Å²) < 4.78 is 0. The molecule has 1 saturated heterocycles. The van der Waals surface area contributed by atoms with Gasteiger partial charge < -0.3 is 10.6 Å². The van der Waals surface area contributed by atoms with E-state index in [9.17, 15) is 9.59 Å². The highest BCUT2D eigenvalue weighted by molar-refractivity contribution is 5.94. The van der Waals surface area contributed by atoms with E-state index in [1.807, 2.05) is 24.3 Å². The van der Waals surface area contributed by atoms with Crippen LogP contribution in [0.15, 0.2) is 30.5 Å². The number of piperidine rings is 1. The molecule has 0 spiro atoms. The van der Waals surface area contributed by atoms with Crippen molar-refractivity contribution < 1.29 is 9.59 Å². The average molecular weight is 284 g/mol. The van der Waals surface area contributed by atoms with Crippen molar-refractivity contribution in [2.75, 3.05) is 13.1 Å². The molecule has 3 rings (SSSR count). The van der Waals surface area contributed by atoms with Gasteiger partial charge in [-0.1, -0.05) is 12.1 Å². The Morgan fingerprint density at radius 2 is 1.81 bits per heavy atom. The Morgan fingerprint density at radius 1 is 1.14 bits per heavy atom. The molecule has 0 atom stereocenters. The predicted octanol–water partition coefficient (Wildman–Crippen LogP) is 0.967. The number of hydrogen-bond donors (Lipinski definition) is 1. The molecule has 0 aliphatic carbocycles. The van der Waals surface area contributed by atoms with Crippen LogP contribution in [0, 0.1) is 5.92 Å². The molecule has 6 nitrogen and oxygen atoms in total. The van der Waals surface area contributed by atoms with E-state index >= 15 is 0 Å². The molecule has 2 amide bonds. The maximum Gasteiger partial charge on any atom is 0.274 e. The third kappa shape index (κ3) is 2.69. The van der Waals surface area contributed by atoms with Gasteiger partial charge in [0.15, 0.2) is 0 Å². The number of fused-ring (bicyclic) bond motifs is 1. The van der Waals surface area contributed by atoms with Gasteiger partial charge in [-0.2, -0.15) is 0 Å². The third-order valence-electron chi connectivity index (χ3n) is 3.85. The minimum absolute atomic E-state index is 0.128. The lowest BCUT2D eigenvalue weighted by atomic mass is 9.96. The molecule has 1 aliphatic heterocycles. The lowest BCUT2D eigenvalue weighted by Gasteiger charge is -2.30. The lowest BCUT2D eigenvalue weighted by molar-refractivity contribution is -0.123. The van der Waals surface area contributed by atoms with Crippen molar-refractivity contribution in [2.24, 2.45) is 11.7 Å². The molecule has 2 N–H and O–H groups in total. The van der Waals surface area contributed by atoms with Crippen LogP contribution in [0.25, 0.3) is 11.0 Å². The maximum atomic E-state index is 12.4. The molecule has 6 heteroatoms. The summed E-state index contributed by atoms with van der Waals surface area (Å²) in [6.07, 6.45) is 2.73. The van der Waals surface area contributed by atoms with Crippen molar-refractivity contribution in [3.63, 3.8) is 0 Å². The predicted molar refractivity (Wildman–Crippen MR) is 77.4 cm³/mol. The number of benzene rings is 1. The summed E-state index contributed by atoms with van der Waals surface area (Å²) in [5.41, 5.74) is 7.11. The molecule has 21 heavy (non-hydrogen) atoms. The van der Waals surface area contributed by atoms with Crippen molar-refractivity contribution in [3.05, 3.63) is 36.2 Å². The molecule has 1 fully saturated rings. The fraction of sp³-hybridized carbons (Fsp3) is 0.333. The highest BCUT2D eigenvalue weighted by Crippen LogP contribution is 2.18. The molecule has 2 heterocycles. The third-order valence-corrected chi connectivity index (χ3v) is 3.85. The Bertz CT molecular complexity index is 693. The van der Waals surface area contributed by atoms with E-state index in [0.29, 0.717) is 37.1 Å². The summed E-state index contributed by atoms with van der Waals surface area (Å²) in [4.78, 5) is 33.9. The van der Waals surface area contributed by atoms with Crippen LogP contribution >= 0.6 is 0 Å². The van der Waals surface area contributed by atoms with Gasteiger partial charge in [0, 0.05) is 19.0 Å². The number of rotatable bonds is 2. The number of carbonyl (C=O) groups is 2. The molecule has 0 unspecified atom stereocenters. The van der Waals surface area contributed by atoms with Crippen LogP contribution in [0.2, 0.25) is 0 Å². The Kier molecular flexibility index (Phi) is 3.51. The largest absolute Gasteiger partial charge is 0.369 e. The number of nitrogens with two attached hydrogens (primary N) is 1. The van der Waals surface area contributed by atoms with E-state index < -0.39 is 0 Å². The fourth-order valence-corrected chi connectivity index (χ4v) is 2.59. The van der Waals surface area contributed by atoms with Gasteiger partial charge in [-0.05, 0) is 25.0 Å². The number of para-hydroxylation sites is 2. The quantitative estimate of drug-likeness (QED) is 0.889. The number of likely N-dealkylation sites (tertiary alicyclic amines) is 1. The number of carbonyl (C=O) groups excluding carboxylic acids is 2. The molecule has 1 aliphatic rings. The smallest absolute Gasteiger partial charge is 0.274 e. The first-order chi connectivity index (χ1) is 10.1. The van der Waals surface area contributed by atoms with E-state index in [-0.39, 0.29) is 17.7 Å². The maximum absolute atomic E-state index is 12.4. The number of amides is 2. The molecule has 2 aromatic rings. The molecule has 0 bridgehead atoms. The van der Waals surface area contributed by atoms with E-state index in [1.54, 1.807) is 4.90 Å². The average Bonchev–Trinajstić information content (AvgIpc) is 2.54. The van der Waals surface area contributed by atoms with Gasteiger partial charge in [-0.15, -0.1) is 0 Å². The van der Waals surface area contributed by atoms with Crippen molar-refractivity contribution in [1.29, 1.82) is 0 Å². The van der Waals surface area contributed by atoms with Gasteiger partial charge in [0.05, 0.1) is 17.2 Å². The minimum atomic E-state index is -0.285. The van der Waals surface area contributed by atoms with Crippen molar-refractivity contribution in [1.82, 2.24) is 14.9 Å². The molecule has 1 aromatic carbocycles. The van der Waals surface area contributed by atoms with E-state index in [1.165, 1.54) is 6.20 Å². The summed E-state index contributed by atoms with van der Waals surface area (Å²) in [6, 6.07) is 7.43. The topological polar surface area (TPSA) is 89.2 Å². The second-order valence-electron chi connectivity index (χ2n) is 5.21. The number of primary amides is 1. The SMILES string of the molecule is NC(=O)C1CCN(C(=O)c2cnc3ccccc3n2)CC1. The zero-order valence-corrected chi connectivity index (χ0v) is 11.5. The number of hydrogen-bond acceptors (Lipinski definition) is 4. The number of aromatic nitrogens is 2. The van der Waals surface area contributed by atoms with Crippen LogP contribution in [0.5, 0.6) is 0 Å². The summed E-state index contributed by atoms with van der Waals surface area (Å²) in [6.45, 7) is 1.06. The summed E-state index contributed by atoms with van der Waals surface area (Å²) in [5, 5.41) is 0. The van der Waals surface area contributed by atoms with E-state index in [0.717, 1.165) is 5.52 Å². The van der Waals surface area contributed by atoms with Crippen LogP contribution in [0.4, 0.5) is 0 Å². The van der Waals surface area contributed by atoms with Crippen LogP contribution in [0.3, 0.4) is 0 Å². The van der Waals surface area contributed by atoms with Gasteiger partial charge in [0.1, 0.15) is 5.69 Å². The van der Waals surface area contributed by atoms with Crippen LogP contribution in [-0.4, -0.2) is 39.8 Å². The van der Waals surface area contributed by atoms with Gasteiger partial charge in [-0.3, -0.25) is 14.6 Å². The van der Waals surface area contributed by atoms with Gasteiger partial charge in [-0.25, -0.2) is 4.98 Å². The van der Waals surface area contributed by atoms with Gasteiger partial charge in [0.25, 0.3) is 5.91 Å². The highest BCUT2D eigenvalue weighted by Gasteiger charge is 2.27. The van der Waals surface area contributed by atoms with Crippen molar-refractivity contribution in [2.45, 2.75) is 12.8 Å². The highest BCUT2D eigenvalue weighted by atomic mass is 16.2. The molecule has 0 radical (unpaired) electrons. The summed E-state index contributed by atoms with van der Waals surface area (Å²) in [7, 11) is 0. The first-order valence-corrected chi connectivity index (χ1v) is 6.95. The second kappa shape index (κ2) is 5.47. The molecule has 1 aromatic heterocycles. The molecule has 0 saturated carbocycles. The normalized spacial score (nSPS) is 16.1. The molecule has 108 valence electrons. The van der Waals surface area contributed by atoms with E-state index in [2.05, 4.69) is 9.97 Å². The van der Waals surface area contributed by atoms with Crippen LogP contribution in [-0.2, 0) is 4.79 Å². The Hall–Kier alpha value is -2.50. The zero-order valence-electron chi connectivity index (χ0n) is 11.5. The molecular formula is C15H16N4O2. The van der Waals surface area contributed by atoms with Crippen LogP contribution < -0.4 is 5.73 Å². The van der Waals surface area contributed by atoms with Crippen molar-refractivity contribution >= 4 is 22.8 Å². The van der Waals surface area contributed by atoms with Gasteiger partial charge in [0.2, 0.25) is 5.91 Å². The molecular weight excluding hydrogens is 268 g/mol. The Balaban J connectivity index is 1.76. The first-order valence-electron chi connectivity index (χ1n) is 6.95. The second-order valence-corrected chi connectivity index (χ2v) is 5.21. The summed E-state index contributed by atoms with van der Waals surface area (Å²) in [5.74, 6) is -0.555. The van der Waals surface area contributed by atoms with E-state index in [4.69, 9.17) is 5.73 Å². The Morgan fingerprint density at radius 3 is 2.48 bits per heavy atom. The fourth-order valence-electron chi connectivity index (χ4n) is 2.59. The summed E-state index contributed by atoms with van der Waals surface area (Å²) >= 11 is 0. The lowest BCUT2D eigenvalue weighted by Crippen LogP contribution is -2.42. The zero-order chi connectivity index (χ0) is 14.8. The first kappa shape index (κ1) is 13.5. The standard InChI is InChI=1S/C15H16N4O2/c16-14(20)10-5-7-19(8-6-10)15(21)13-9-17-11-3-1-2-4-12(11)18-13/h1-4,9-10H,5-8H2,(H2,16,20). The monoisotopic (exact) mass is 284 g/mol. The Labute approximate surface area is 122 Å². The minimum Gasteiger partial charge on any atom is -0.369 e. The van der Waals surface area contributed by atoms with Crippen molar-refractivity contribution in [3.8, 4) is 0 Å². The van der Waals surface area contributed by atoms with Gasteiger partial charge >= 0.3 is 0 Å².